The number of nitrogens with one attached hydrogen (secondary N) is 1. The number of rotatable bonds is 6. The van der Waals surface area contributed by atoms with Gasteiger partial charge in [-0.1, -0.05) is 12.1 Å². The number of hydrogen-bond donors (Lipinski definition) is 2. The van der Waals surface area contributed by atoms with Gasteiger partial charge in [-0.25, -0.2) is 13.1 Å². The van der Waals surface area contributed by atoms with Gasteiger partial charge in [0.25, 0.3) is 0 Å². The van der Waals surface area contributed by atoms with Crippen molar-refractivity contribution >= 4 is 10.0 Å². The van der Waals surface area contributed by atoms with Crippen molar-refractivity contribution in [2.45, 2.75) is 23.9 Å². The lowest BCUT2D eigenvalue weighted by molar-refractivity contribution is -0.127. The number of benzene rings is 1. The van der Waals surface area contributed by atoms with Gasteiger partial charge < -0.3 is 5.73 Å². The Morgan fingerprint density at radius 1 is 1.16 bits per heavy atom. The maximum atomic E-state index is 12.1. The van der Waals surface area contributed by atoms with Crippen LogP contribution in [0.1, 0.15) is 12.0 Å². The third-order valence-electron chi connectivity index (χ3n) is 2.31. The van der Waals surface area contributed by atoms with E-state index in [1.165, 1.54) is 0 Å². The van der Waals surface area contributed by atoms with E-state index in [1.54, 1.807) is 0 Å². The quantitative estimate of drug-likeness (QED) is 0.780. The summed E-state index contributed by atoms with van der Waals surface area (Å²) < 4.78 is 62.2. The lowest BCUT2D eigenvalue weighted by Crippen LogP contribution is -2.26. The first-order chi connectivity index (χ1) is 8.74. The van der Waals surface area contributed by atoms with E-state index >= 15 is 0 Å². The van der Waals surface area contributed by atoms with Crippen LogP contribution in [-0.4, -0.2) is 27.7 Å². The highest BCUT2D eigenvalue weighted by Crippen LogP contribution is 2.22. The highest BCUT2D eigenvalue weighted by atomic mass is 32.2. The SMILES string of the molecule is NCCCNS(=O)(=O)c1ccc(CC(F)(F)F)cc1. The number of alkyl halides is 3. The normalized spacial score (nSPS) is 12.6. The Hall–Kier alpha value is -1.12. The molecule has 0 saturated heterocycles. The molecule has 0 amide bonds. The summed E-state index contributed by atoms with van der Waals surface area (Å²) in [5.41, 5.74) is 5.26. The van der Waals surface area contributed by atoms with E-state index in [0.717, 1.165) is 24.3 Å². The Morgan fingerprint density at radius 2 is 1.74 bits per heavy atom. The molecule has 1 aromatic carbocycles. The minimum Gasteiger partial charge on any atom is -0.330 e. The van der Waals surface area contributed by atoms with Crippen molar-refractivity contribution in [2.24, 2.45) is 5.73 Å². The summed E-state index contributed by atoms with van der Waals surface area (Å²) >= 11 is 0. The highest BCUT2D eigenvalue weighted by Gasteiger charge is 2.27. The molecule has 0 aliphatic heterocycles. The van der Waals surface area contributed by atoms with Crippen LogP contribution in [-0.2, 0) is 16.4 Å². The molecule has 0 saturated carbocycles. The summed E-state index contributed by atoms with van der Waals surface area (Å²) in [6.07, 6.45) is -4.89. The minimum absolute atomic E-state index is 0.0217. The van der Waals surface area contributed by atoms with E-state index in [0.29, 0.717) is 13.0 Å². The van der Waals surface area contributed by atoms with Crippen molar-refractivity contribution in [1.29, 1.82) is 0 Å². The van der Waals surface area contributed by atoms with E-state index in [-0.39, 0.29) is 17.0 Å². The lowest BCUT2D eigenvalue weighted by atomic mass is 10.1. The van der Waals surface area contributed by atoms with Gasteiger partial charge in [0.15, 0.2) is 0 Å². The first kappa shape index (κ1) is 15.9. The summed E-state index contributed by atoms with van der Waals surface area (Å²) in [7, 11) is -3.68. The number of hydrogen-bond acceptors (Lipinski definition) is 3. The summed E-state index contributed by atoms with van der Waals surface area (Å²) in [5.74, 6) is 0. The lowest BCUT2D eigenvalue weighted by Gasteiger charge is -2.08. The van der Waals surface area contributed by atoms with Crippen molar-refractivity contribution < 1.29 is 21.6 Å². The predicted octanol–water partition coefficient (Wildman–Crippen LogP) is 1.42. The molecule has 0 heterocycles. The number of halogens is 3. The molecule has 3 N–H and O–H groups in total. The summed E-state index contributed by atoms with van der Waals surface area (Å²) in [6.45, 7) is 0.552. The van der Waals surface area contributed by atoms with Gasteiger partial charge in [-0.05, 0) is 30.7 Å². The van der Waals surface area contributed by atoms with E-state index in [1.807, 2.05) is 0 Å². The van der Waals surface area contributed by atoms with Crippen molar-refractivity contribution in [3.63, 3.8) is 0 Å². The third-order valence-corrected chi connectivity index (χ3v) is 3.79. The van der Waals surface area contributed by atoms with E-state index in [2.05, 4.69) is 4.72 Å². The molecule has 0 aliphatic carbocycles. The average Bonchev–Trinajstić information content (AvgIpc) is 2.27. The summed E-state index contributed by atoms with van der Waals surface area (Å²) in [6, 6.07) is 4.63. The fourth-order valence-corrected chi connectivity index (χ4v) is 2.48. The van der Waals surface area contributed by atoms with Crippen molar-refractivity contribution in [3.05, 3.63) is 29.8 Å². The maximum absolute atomic E-state index is 12.1. The first-order valence-corrected chi connectivity index (χ1v) is 7.08. The fourth-order valence-electron chi connectivity index (χ4n) is 1.41. The Labute approximate surface area is 109 Å². The summed E-state index contributed by atoms with van der Waals surface area (Å²) in [4.78, 5) is -0.0598. The van der Waals surface area contributed by atoms with E-state index in [4.69, 9.17) is 5.73 Å². The molecule has 108 valence electrons. The molecule has 8 heteroatoms. The number of sulfonamides is 1. The molecule has 1 rings (SSSR count). The van der Waals surface area contributed by atoms with Gasteiger partial charge in [-0.3, -0.25) is 0 Å². The zero-order valence-corrected chi connectivity index (χ0v) is 10.9. The second kappa shape index (κ2) is 6.36. The Balaban J connectivity index is 2.75. The topological polar surface area (TPSA) is 72.2 Å². The molecule has 0 atom stereocenters. The highest BCUT2D eigenvalue weighted by molar-refractivity contribution is 7.89. The molecule has 19 heavy (non-hydrogen) atoms. The molecule has 0 bridgehead atoms. The van der Waals surface area contributed by atoms with Gasteiger partial charge in [0.2, 0.25) is 10.0 Å². The molecule has 0 radical (unpaired) electrons. The molecule has 0 spiro atoms. The average molecular weight is 296 g/mol. The molecule has 0 fully saturated rings. The van der Waals surface area contributed by atoms with Gasteiger partial charge >= 0.3 is 6.18 Å². The first-order valence-electron chi connectivity index (χ1n) is 5.60. The summed E-state index contributed by atoms with van der Waals surface area (Å²) in [5, 5.41) is 0. The van der Waals surface area contributed by atoms with Crippen molar-refractivity contribution in [1.82, 2.24) is 4.72 Å². The van der Waals surface area contributed by atoms with Crippen LogP contribution >= 0.6 is 0 Å². The fraction of sp³-hybridized carbons (Fsp3) is 0.455. The Kier molecular flexibility index (Phi) is 5.33. The predicted molar refractivity (Wildman–Crippen MR) is 65.1 cm³/mol. The third kappa shape index (κ3) is 5.58. The zero-order valence-electron chi connectivity index (χ0n) is 10.1. The van der Waals surface area contributed by atoms with Gasteiger partial charge in [0, 0.05) is 6.54 Å². The van der Waals surface area contributed by atoms with Gasteiger partial charge in [0.1, 0.15) is 0 Å². The largest absolute Gasteiger partial charge is 0.393 e. The van der Waals surface area contributed by atoms with Crippen LogP contribution in [0.4, 0.5) is 13.2 Å². The van der Waals surface area contributed by atoms with Crippen LogP contribution in [0.3, 0.4) is 0 Å². The van der Waals surface area contributed by atoms with Crippen molar-refractivity contribution in [3.8, 4) is 0 Å². The van der Waals surface area contributed by atoms with Crippen LogP contribution in [0.5, 0.6) is 0 Å². The molecule has 1 aromatic rings. The second-order valence-electron chi connectivity index (χ2n) is 3.98. The van der Waals surface area contributed by atoms with Gasteiger partial charge in [-0.15, -0.1) is 0 Å². The molecular weight excluding hydrogens is 281 g/mol. The monoisotopic (exact) mass is 296 g/mol. The van der Waals surface area contributed by atoms with Crippen LogP contribution in [0.2, 0.25) is 0 Å². The standard InChI is InChI=1S/C11H15F3N2O2S/c12-11(13,14)8-9-2-4-10(5-3-9)19(17,18)16-7-1-6-15/h2-5,16H,1,6-8,15H2. The van der Waals surface area contributed by atoms with Gasteiger partial charge in [0.05, 0.1) is 11.3 Å². The van der Waals surface area contributed by atoms with Gasteiger partial charge in [-0.2, -0.15) is 13.2 Å². The van der Waals surface area contributed by atoms with Crippen LogP contribution < -0.4 is 10.5 Å². The van der Waals surface area contributed by atoms with Crippen LogP contribution in [0.15, 0.2) is 29.2 Å². The molecule has 0 aliphatic rings. The zero-order chi connectivity index (χ0) is 14.5. The smallest absolute Gasteiger partial charge is 0.330 e. The van der Waals surface area contributed by atoms with Crippen LogP contribution in [0, 0.1) is 0 Å². The minimum atomic E-state index is -4.31. The molecule has 4 nitrogen and oxygen atoms in total. The Bertz CT molecular complexity index is 498. The molecule has 0 unspecified atom stereocenters. The maximum Gasteiger partial charge on any atom is 0.393 e. The van der Waals surface area contributed by atoms with E-state index < -0.39 is 22.6 Å². The molecule has 0 aromatic heterocycles. The second-order valence-corrected chi connectivity index (χ2v) is 5.74. The van der Waals surface area contributed by atoms with Crippen molar-refractivity contribution in [2.75, 3.05) is 13.1 Å². The Morgan fingerprint density at radius 3 is 2.21 bits per heavy atom. The van der Waals surface area contributed by atoms with E-state index in [9.17, 15) is 21.6 Å². The van der Waals surface area contributed by atoms with Crippen LogP contribution in [0.25, 0.3) is 0 Å². The molecular formula is C11H15F3N2O2S. The number of nitrogens with two attached hydrogens (primary N) is 1.